The van der Waals surface area contributed by atoms with Gasteiger partial charge in [-0.1, -0.05) is 17.7 Å². The van der Waals surface area contributed by atoms with Gasteiger partial charge in [0.15, 0.2) is 6.10 Å². The maximum absolute atomic E-state index is 14.0. The number of ether oxygens (including phenoxy) is 1. The first kappa shape index (κ1) is 20.8. The van der Waals surface area contributed by atoms with Crippen molar-refractivity contribution in [2.45, 2.75) is 33.4 Å². The second-order valence-electron chi connectivity index (χ2n) is 6.75. The highest BCUT2D eigenvalue weighted by molar-refractivity contribution is 6.32. The van der Waals surface area contributed by atoms with Gasteiger partial charge in [0, 0.05) is 11.1 Å². The summed E-state index contributed by atoms with van der Waals surface area (Å²) in [5.74, 6) is -0.742. The molecule has 0 spiro atoms. The monoisotopic (exact) mass is 419 g/mol. The predicted molar refractivity (Wildman–Crippen MR) is 107 cm³/mol. The van der Waals surface area contributed by atoms with Crippen LogP contribution in [0.25, 0.3) is 0 Å². The maximum atomic E-state index is 14.0. The topological polar surface area (TPSA) is 56.1 Å². The van der Waals surface area contributed by atoms with Gasteiger partial charge in [0.05, 0.1) is 17.8 Å². The zero-order valence-corrected chi connectivity index (χ0v) is 16.9. The van der Waals surface area contributed by atoms with Crippen molar-refractivity contribution < 1.29 is 18.3 Å². The van der Waals surface area contributed by atoms with Gasteiger partial charge in [0.1, 0.15) is 23.2 Å². The molecule has 152 valence electrons. The molecule has 1 heterocycles. The average molecular weight is 420 g/mol. The van der Waals surface area contributed by atoms with E-state index in [2.05, 4.69) is 10.4 Å². The van der Waals surface area contributed by atoms with E-state index in [0.29, 0.717) is 22.2 Å². The number of carbonyl (C=O) groups is 1. The van der Waals surface area contributed by atoms with Gasteiger partial charge < -0.3 is 10.1 Å². The van der Waals surface area contributed by atoms with Crippen LogP contribution in [0.4, 0.5) is 14.6 Å². The van der Waals surface area contributed by atoms with E-state index in [1.165, 1.54) is 10.9 Å². The molecule has 3 aromatic rings. The molecule has 2 aromatic carbocycles. The second kappa shape index (κ2) is 8.61. The normalized spacial score (nSPS) is 11.9. The molecule has 1 N–H and O–H groups in total. The van der Waals surface area contributed by atoms with Crippen LogP contribution in [0, 0.1) is 25.5 Å². The third-order valence-corrected chi connectivity index (χ3v) is 4.66. The smallest absolute Gasteiger partial charge is 0.266 e. The minimum absolute atomic E-state index is 0.0357. The summed E-state index contributed by atoms with van der Waals surface area (Å²) in [6, 6.07) is 8.49. The summed E-state index contributed by atoms with van der Waals surface area (Å²) in [5.41, 5.74) is 1.75. The fraction of sp³-hybridized carbons (Fsp3) is 0.238. The SMILES string of the molecule is Cc1ccc(Cl)c(OC(C)C(=O)Nc2c(C)cnn2Cc2cc(F)ccc2F)c1. The van der Waals surface area contributed by atoms with Crippen molar-refractivity contribution >= 4 is 23.3 Å². The van der Waals surface area contributed by atoms with Crippen LogP contribution in [-0.2, 0) is 11.3 Å². The molecule has 0 aliphatic carbocycles. The number of aromatic nitrogens is 2. The average Bonchev–Trinajstić information content (AvgIpc) is 3.01. The van der Waals surface area contributed by atoms with E-state index in [-0.39, 0.29) is 12.1 Å². The summed E-state index contributed by atoms with van der Waals surface area (Å²) >= 11 is 6.12. The van der Waals surface area contributed by atoms with Crippen LogP contribution in [-0.4, -0.2) is 21.8 Å². The van der Waals surface area contributed by atoms with Crippen LogP contribution in [0.5, 0.6) is 5.75 Å². The van der Waals surface area contributed by atoms with Crippen LogP contribution >= 0.6 is 11.6 Å². The molecule has 0 aliphatic heterocycles. The zero-order valence-electron chi connectivity index (χ0n) is 16.2. The van der Waals surface area contributed by atoms with Gasteiger partial charge in [-0.3, -0.25) is 4.79 Å². The van der Waals surface area contributed by atoms with E-state index in [1.54, 1.807) is 26.0 Å². The Bertz CT molecular complexity index is 1050. The van der Waals surface area contributed by atoms with Crippen molar-refractivity contribution in [2.75, 3.05) is 5.32 Å². The maximum Gasteiger partial charge on any atom is 0.266 e. The highest BCUT2D eigenvalue weighted by Crippen LogP contribution is 2.26. The Balaban J connectivity index is 1.76. The van der Waals surface area contributed by atoms with Crippen molar-refractivity contribution in [3.8, 4) is 5.75 Å². The number of hydrogen-bond donors (Lipinski definition) is 1. The Morgan fingerprint density at radius 3 is 2.76 bits per heavy atom. The number of aryl methyl sites for hydroxylation is 2. The van der Waals surface area contributed by atoms with Gasteiger partial charge in [0.2, 0.25) is 0 Å². The molecule has 3 rings (SSSR count). The second-order valence-corrected chi connectivity index (χ2v) is 7.16. The summed E-state index contributed by atoms with van der Waals surface area (Å²) in [4.78, 5) is 12.6. The van der Waals surface area contributed by atoms with Gasteiger partial charge in [-0.25, -0.2) is 13.5 Å². The molecule has 5 nitrogen and oxygen atoms in total. The van der Waals surface area contributed by atoms with Gasteiger partial charge >= 0.3 is 0 Å². The third kappa shape index (κ3) is 4.92. The fourth-order valence-electron chi connectivity index (χ4n) is 2.75. The molecule has 0 bridgehead atoms. The number of hydrogen-bond acceptors (Lipinski definition) is 3. The molecular weight excluding hydrogens is 400 g/mol. The van der Waals surface area contributed by atoms with Gasteiger partial charge in [0.25, 0.3) is 5.91 Å². The lowest BCUT2D eigenvalue weighted by Gasteiger charge is -2.17. The Hall–Kier alpha value is -2.93. The Morgan fingerprint density at radius 1 is 1.24 bits per heavy atom. The molecule has 29 heavy (non-hydrogen) atoms. The van der Waals surface area contributed by atoms with Crippen molar-refractivity contribution in [1.29, 1.82) is 0 Å². The van der Waals surface area contributed by atoms with E-state index < -0.39 is 23.6 Å². The first-order valence-corrected chi connectivity index (χ1v) is 9.32. The summed E-state index contributed by atoms with van der Waals surface area (Å²) in [6.07, 6.45) is 0.693. The number of halogens is 3. The van der Waals surface area contributed by atoms with Gasteiger partial charge in [-0.15, -0.1) is 0 Å². The van der Waals surface area contributed by atoms with Crippen LogP contribution in [0.15, 0.2) is 42.6 Å². The number of nitrogens with one attached hydrogen (secondary N) is 1. The molecular formula is C21H20ClF2N3O2. The summed E-state index contributed by atoms with van der Waals surface area (Å²) in [6.45, 7) is 5.20. The molecule has 1 atom stereocenters. The Kier molecular flexibility index (Phi) is 6.17. The Labute approximate surface area is 172 Å². The Morgan fingerprint density at radius 2 is 2.00 bits per heavy atom. The number of rotatable bonds is 6. The van der Waals surface area contributed by atoms with Crippen LogP contribution in [0.3, 0.4) is 0 Å². The fourth-order valence-corrected chi connectivity index (χ4v) is 2.91. The lowest BCUT2D eigenvalue weighted by Crippen LogP contribution is -2.31. The summed E-state index contributed by atoms with van der Waals surface area (Å²) in [5, 5.41) is 7.30. The van der Waals surface area contributed by atoms with Crippen molar-refractivity contribution in [2.24, 2.45) is 0 Å². The highest BCUT2D eigenvalue weighted by atomic mass is 35.5. The van der Waals surface area contributed by atoms with Crippen LogP contribution in [0.1, 0.15) is 23.6 Å². The zero-order chi connectivity index (χ0) is 21.1. The molecule has 1 amide bonds. The summed E-state index contributed by atoms with van der Waals surface area (Å²) in [7, 11) is 0. The van der Waals surface area contributed by atoms with Crippen molar-refractivity contribution in [3.05, 3.63) is 75.9 Å². The molecule has 8 heteroatoms. The molecule has 0 radical (unpaired) electrons. The standard InChI is InChI=1S/C21H20ClF2N3O2/c1-12-4-6-17(22)19(8-12)29-14(3)21(28)26-20-13(2)10-25-27(20)11-15-9-16(23)5-7-18(15)24/h4-10,14H,11H2,1-3H3,(H,26,28). The molecule has 0 aliphatic rings. The summed E-state index contributed by atoms with van der Waals surface area (Å²) < 4.78 is 34.5. The van der Waals surface area contributed by atoms with E-state index in [9.17, 15) is 13.6 Å². The van der Waals surface area contributed by atoms with Crippen LogP contribution in [0.2, 0.25) is 5.02 Å². The third-order valence-electron chi connectivity index (χ3n) is 4.35. The van der Waals surface area contributed by atoms with E-state index >= 15 is 0 Å². The first-order chi connectivity index (χ1) is 13.7. The predicted octanol–water partition coefficient (Wildman–Crippen LogP) is 4.89. The van der Waals surface area contributed by atoms with Crippen molar-refractivity contribution in [3.63, 3.8) is 0 Å². The number of anilines is 1. The number of nitrogens with zero attached hydrogens (tertiary/aromatic N) is 2. The number of amides is 1. The first-order valence-electron chi connectivity index (χ1n) is 8.94. The number of carbonyl (C=O) groups excluding carboxylic acids is 1. The lowest BCUT2D eigenvalue weighted by molar-refractivity contribution is -0.122. The van der Waals surface area contributed by atoms with Gasteiger partial charge in [-0.2, -0.15) is 5.10 Å². The largest absolute Gasteiger partial charge is 0.479 e. The van der Waals surface area contributed by atoms with Gasteiger partial charge in [-0.05, 0) is 56.7 Å². The molecule has 0 saturated heterocycles. The molecule has 1 aromatic heterocycles. The van der Waals surface area contributed by atoms with E-state index in [0.717, 1.165) is 23.8 Å². The van der Waals surface area contributed by atoms with Crippen LogP contribution < -0.4 is 10.1 Å². The molecule has 0 saturated carbocycles. The quantitative estimate of drug-likeness (QED) is 0.619. The van der Waals surface area contributed by atoms with E-state index in [4.69, 9.17) is 16.3 Å². The highest BCUT2D eigenvalue weighted by Gasteiger charge is 2.20. The molecule has 1 unspecified atom stereocenters. The number of benzene rings is 2. The van der Waals surface area contributed by atoms with E-state index in [1.807, 2.05) is 13.0 Å². The lowest BCUT2D eigenvalue weighted by atomic mass is 10.2. The van der Waals surface area contributed by atoms with Crippen molar-refractivity contribution in [1.82, 2.24) is 9.78 Å². The minimum atomic E-state index is -0.844. The minimum Gasteiger partial charge on any atom is -0.479 e. The molecule has 0 fully saturated rings.